The molecule has 0 radical (unpaired) electrons. The molecule has 2 N–H and O–H groups in total. The number of carboxylic acid groups (broad SMARTS) is 1. The van der Waals surface area contributed by atoms with Gasteiger partial charge in [0, 0.05) is 6.42 Å². The number of carboxylic acids is 1. The minimum absolute atomic E-state index is 0.220. The van der Waals surface area contributed by atoms with Gasteiger partial charge in [0.1, 0.15) is 11.4 Å². The molecular weight excluding hydrogens is 328 g/mol. The molecule has 0 aromatic heterocycles. The molecule has 1 aliphatic heterocycles. The Morgan fingerprint density at radius 3 is 2.65 bits per heavy atom. The summed E-state index contributed by atoms with van der Waals surface area (Å²) in [4.78, 5) is 11.1. The maximum Gasteiger partial charge on any atom is 0.335 e. The van der Waals surface area contributed by atoms with Gasteiger partial charge >= 0.3 is 5.97 Å². The molecule has 0 amide bonds. The summed E-state index contributed by atoms with van der Waals surface area (Å²) < 4.78 is 6.08. The minimum atomic E-state index is -0.968. The Kier molecular flexibility index (Phi) is 6.65. The van der Waals surface area contributed by atoms with Crippen LogP contribution >= 0.6 is 0 Å². The minimum Gasteiger partial charge on any atom is -0.485 e. The van der Waals surface area contributed by atoms with Crippen LogP contribution in [-0.2, 0) is 6.42 Å². The third-order valence-electron chi connectivity index (χ3n) is 4.99. The Morgan fingerprint density at radius 2 is 2.00 bits per heavy atom. The number of hydrogen-bond acceptors (Lipinski definition) is 3. The predicted molar refractivity (Wildman–Crippen MR) is 104 cm³/mol. The fraction of sp³-hybridized carbons (Fsp3) is 0.500. The van der Waals surface area contributed by atoms with Gasteiger partial charge in [0.25, 0.3) is 0 Å². The van der Waals surface area contributed by atoms with E-state index in [1.807, 2.05) is 6.92 Å². The molecule has 1 aliphatic rings. The molecule has 0 aliphatic carbocycles. The Balaban J connectivity index is 1.99. The topological polar surface area (TPSA) is 66.8 Å². The molecule has 1 aromatic rings. The third kappa shape index (κ3) is 5.21. The van der Waals surface area contributed by atoms with Gasteiger partial charge < -0.3 is 14.9 Å². The molecule has 0 fully saturated rings. The zero-order valence-corrected chi connectivity index (χ0v) is 16.2. The van der Waals surface area contributed by atoms with Crippen molar-refractivity contribution in [1.82, 2.24) is 0 Å². The van der Waals surface area contributed by atoms with Crippen LogP contribution in [0.25, 0.3) is 0 Å². The van der Waals surface area contributed by atoms with Crippen LogP contribution in [0.2, 0.25) is 0 Å². The summed E-state index contributed by atoms with van der Waals surface area (Å²) in [5, 5.41) is 19.7. The van der Waals surface area contributed by atoms with Crippen LogP contribution < -0.4 is 4.74 Å². The maximum absolute atomic E-state index is 11.1. The molecule has 142 valence electrons. The molecule has 4 nitrogen and oxygen atoms in total. The second-order valence-corrected chi connectivity index (χ2v) is 7.67. The van der Waals surface area contributed by atoms with Crippen LogP contribution in [0, 0.1) is 0 Å². The van der Waals surface area contributed by atoms with Gasteiger partial charge in [0.2, 0.25) is 0 Å². The quantitative estimate of drug-likeness (QED) is 0.680. The van der Waals surface area contributed by atoms with Crippen molar-refractivity contribution in [1.29, 1.82) is 0 Å². The van der Waals surface area contributed by atoms with Crippen LogP contribution in [0.4, 0.5) is 0 Å². The van der Waals surface area contributed by atoms with Gasteiger partial charge in [-0.3, -0.25) is 0 Å². The first kappa shape index (κ1) is 20.2. The molecule has 4 heteroatoms. The number of rotatable bonds is 7. The van der Waals surface area contributed by atoms with Crippen LogP contribution in [-0.4, -0.2) is 27.9 Å². The maximum atomic E-state index is 11.1. The van der Waals surface area contributed by atoms with Crippen molar-refractivity contribution in [3.05, 3.63) is 52.6 Å². The average Bonchev–Trinajstić information content (AvgIpc) is 2.55. The summed E-state index contributed by atoms with van der Waals surface area (Å²) in [6, 6.07) is 4.84. The summed E-state index contributed by atoms with van der Waals surface area (Å²) in [5.41, 5.74) is 3.01. The fourth-order valence-corrected chi connectivity index (χ4v) is 3.23. The molecule has 0 spiro atoms. The van der Waals surface area contributed by atoms with E-state index in [2.05, 4.69) is 32.9 Å². The second kappa shape index (κ2) is 8.54. The zero-order chi connectivity index (χ0) is 19.3. The first-order valence-electron chi connectivity index (χ1n) is 9.23. The van der Waals surface area contributed by atoms with Crippen molar-refractivity contribution in [2.45, 2.75) is 71.5 Å². The van der Waals surface area contributed by atoms with E-state index >= 15 is 0 Å². The highest BCUT2D eigenvalue weighted by Gasteiger charge is 2.39. The Hall–Kier alpha value is -2.07. The van der Waals surface area contributed by atoms with Gasteiger partial charge in [-0.15, -0.1) is 0 Å². The first-order valence-corrected chi connectivity index (χ1v) is 9.23. The summed E-state index contributed by atoms with van der Waals surface area (Å²) in [7, 11) is 0. The highest BCUT2D eigenvalue weighted by Crippen LogP contribution is 2.36. The van der Waals surface area contributed by atoms with E-state index in [0.29, 0.717) is 18.6 Å². The molecular formula is C22H30O4. The van der Waals surface area contributed by atoms with Gasteiger partial charge in [0.15, 0.2) is 0 Å². The van der Waals surface area contributed by atoms with Crippen molar-refractivity contribution >= 4 is 5.97 Å². The summed E-state index contributed by atoms with van der Waals surface area (Å²) >= 11 is 0. The van der Waals surface area contributed by atoms with Crippen molar-refractivity contribution in [3.8, 4) is 5.75 Å². The molecule has 2 rings (SSSR count). The SMILES string of the molecule is CC(C)=CCCC(C)=CCCC1(C)Oc2ccc(C(=O)O)cc2CC1O. The van der Waals surface area contributed by atoms with E-state index in [1.165, 1.54) is 11.1 Å². The number of fused-ring (bicyclic) bond motifs is 1. The van der Waals surface area contributed by atoms with Crippen LogP contribution in [0.3, 0.4) is 0 Å². The number of ether oxygens (including phenoxy) is 1. The number of aliphatic hydroxyl groups excluding tert-OH is 1. The van der Waals surface area contributed by atoms with E-state index in [-0.39, 0.29) is 5.56 Å². The number of aromatic carboxylic acids is 1. The lowest BCUT2D eigenvalue weighted by Crippen LogP contribution is -2.48. The predicted octanol–water partition coefficient (Wildman–Crippen LogP) is 4.91. The molecule has 26 heavy (non-hydrogen) atoms. The lowest BCUT2D eigenvalue weighted by Gasteiger charge is -2.40. The second-order valence-electron chi connectivity index (χ2n) is 7.67. The molecule has 2 atom stereocenters. The van der Waals surface area contributed by atoms with E-state index in [0.717, 1.165) is 24.8 Å². The summed E-state index contributed by atoms with van der Waals surface area (Å²) in [6.07, 6.45) is 7.89. The number of carbonyl (C=O) groups is 1. The highest BCUT2D eigenvalue weighted by molar-refractivity contribution is 5.88. The monoisotopic (exact) mass is 358 g/mol. The molecule has 0 saturated heterocycles. The van der Waals surface area contributed by atoms with Gasteiger partial charge in [-0.25, -0.2) is 4.79 Å². The molecule has 1 heterocycles. The lowest BCUT2D eigenvalue weighted by atomic mass is 9.85. The van der Waals surface area contributed by atoms with Crippen LogP contribution in [0.15, 0.2) is 41.5 Å². The highest BCUT2D eigenvalue weighted by atomic mass is 16.5. The van der Waals surface area contributed by atoms with E-state index < -0.39 is 17.7 Å². The van der Waals surface area contributed by atoms with E-state index in [1.54, 1.807) is 18.2 Å². The van der Waals surface area contributed by atoms with Crippen molar-refractivity contribution in [2.75, 3.05) is 0 Å². The third-order valence-corrected chi connectivity index (χ3v) is 4.99. The lowest BCUT2D eigenvalue weighted by molar-refractivity contribution is -0.0587. The van der Waals surface area contributed by atoms with Crippen molar-refractivity contribution in [3.63, 3.8) is 0 Å². The normalized spacial score (nSPS) is 22.3. The fourth-order valence-electron chi connectivity index (χ4n) is 3.23. The first-order chi connectivity index (χ1) is 12.2. The van der Waals surface area contributed by atoms with Crippen molar-refractivity contribution in [2.24, 2.45) is 0 Å². The van der Waals surface area contributed by atoms with Crippen LogP contribution in [0.5, 0.6) is 5.75 Å². The molecule has 0 bridgehead atoms. The van der Waals surface area contributed by atoms with Gasteiger partial charge in [-0.05, 0) is 77.1 Å². The zero-order valence-electron chi connectivity index (χ0n) is 16.2. The van der Waals surface area contributed by atoms with Gasteiger partial charge in [-0.1, -0.05) is 23.3 Å². The smallest absolute Gasteiger partial charge is 0.335 e. The van der Waals surface area contributed by atoms with E-state index in [4.69, 9.17) is 9.84 Å². The van der Waals surface area contributed by atoms with Crippen LogP contribution in [0.1, 0.15) is 69.3 Å². The van der Waals surface area contributed by atoms with Gasteiger partial charge in [0.05, 0.1) is 11.7 Å². The molecule has 1 aromatic carbocycles. The standard InChI is InChI=1S/C22H30O4/c1-15(2)7-5-8-16(3)9-6-12-22(4)20(23)14-18-13-17(21(24)25)10-11-19(18)26-22/h7,9-11,13,20,23H,5-6,8,12,14H2,1-4H3,(H,24,25). The van der Waals surface area contributed by atoms with Gasteiger partial charge in [-0.2, -0.15) is 0 Å². The largest absolute Gasteiger partial charge is 0.485 e. The summed E-state index contributed by atoms with van der Waals surface area (Å²) in [5.74, 6) is -0.295. The summed E-state index contributed by atoms with van der Waals surface area (Å²) in [6.45, 7) is 8.29. The number of hydrogen-bond donors (Lipinski definition) is 2. The average molecular weight is 358 g/mol. The number of aliphatic hydroxyl groups is 1. The van der Waals surface area contributed by atoms with Crippen molar-refractivity contribution < 1.29 is 19.7 Å². The molecule has 2 unspecified atom stereocenters. The number of benzene rings is 1. The number of allylic oxidation sites excluding steroid dienone is 4. The molecule has 0 saturated carbocycles. The van der Waals surface area contributed by atoms with E-state index in [9.17, 15) is 9.90 Å². The Morgan fingerprint density at radius 1 is 1.27 bits per heavy atom. The Bertz CT molecular complexity index is 713. The Labute approximate surface area is 156 Å².